The van der Waals surface area contributed by atoms with E-state index in [0.717, 1.165) is 18.2 Å². The molecule has 0 aliphatic heterocycles. The van der Waals surface area contributed by atoms with Crippen molar-refractivity contribution in [3.05, 3.63) is 18.2 Å². The lowest BCUT2D eigenvalue weighted by Gasteiger charge is -2.21. The van der Waals surface area contributed by atoms with Crippen LogP contribution >= 0.6 is 0 Å². The predicted octanol–water partition coefficient (Wildman–Crippen LogP) is 0.396. The number of aryl methyl sites for hydroxylation is 1. The van der Waals surface area contributed by atoms with E-state index in [2.05, 4.69) is 20.3 Å². The Bertz CT molecular complexity index is 592. The molecule has 8 nitrogen and oxygen atoms in total. The van der Waals surface area contributed by atoms with Crippen molar-refractivity contribution < 1.29 is 5.21 Å². The van der Waals surface area contributed by atoms with Gasteiger partial charge in [0.1, 0.15) is 11.7 Å². The van der Waals surface area contributed by atoms with Gasteiger partial charge < -0.3 is 15.8 Å². The van der Waals surface area contributed by atoms with Crippen LogP contribution in [-0.4, -0.2) is 43.7 Å². The van der Waals surface area contributed by atoms with Gasteiger partial charge in [-0.05, 0) is 13.8 Å². The van der Waals surface area contributed by atoms with Gasteiger partial charge in [0.05, 0.1) is 0 Å². The minimum atomic E-state index is 0.197. The zero-order chi connectivity index (χ0) is 13.8. The fourth-order valence-corrected chi connectivity index (χ4v) is 1.86. The number of aromatic nitrogens is 4. The van der Waals surface area contributed by atoms with Crippen LogP contribution in [0.2, 0.25) is 0 Å². The van der Waals surface area contributed by atoms with Crippen molar-refractivity contribution in [3.63, 3.8) is 0 Å². The van der Waals surface area contributed by atoms with E-state index < -0.39 is 0 Å². The SMILES string of the molecule is CCN(CCC(N)=NO)c1nccn2c(C)nnc12. The summed E-state index contributed by atoms with van der Waals surface area (Å²) in [4.78, 5) is 6.37. The third-order valence-electron chi connectivity index (χ3n) is 2.93. The summed E-state index contributed by atoms with van der Waals surface area (Å²) in [5.74, 6) is 1.76. The summed E-state index contributed by atoms with van der Waals surface area (Å²) in [7, 11) is 0. The third-order valence-corrected chi connectivity index (χ3v) is 2.93. The Morgan fingerprint density at radius 2 is 2.32 bits per heavy atom. The maximum Gasteiger partial charge on any atom is 0.203 e. The molecule has 0 spiro atoms. The lowest BCUT2D eigenvalue weighted by molar-refractivity contribution is 0.317. The highest BCUT2D eigenvalue weighted by atomic mass is 16.4. The number of fused-ring (bicyclic) bond motifs is 1. The second kappa shape index (κ2) is 5.51. The minimum Gasteiger partial charge on any atom is -0.409 e. The molecule has 0 bridgehead atoms. The first-order valence-corrected chi connectivity index (χ1v) is 6.05. The highest BCUT2D eigenvalue weighted by Crippen LogP contribution is 2.17. The molecule has 0 radical (unpaired) electrons. The molecule has 0 amide bonds. The van der Waals surface area contributed by atoms with Crippen LogP contribution in [0.25, 0.3) is 5.65 Å². The van der Waals surface area contributed by atoms with Crippen LogP contribution in [0.4, 0.5) is 5.82 Å². The Kier molecular flexibility index (Phi) is 3.79. The van der Waals surface area contributed by atoms with Crippen molar-refractivity contribution in [2.75, 3.05) is 18.0 Å². The van der Waals surface area contributed by atoms with Crippen LogP contribution in [0.15, 0.2) is 17.5 Å². The average Bonchev–Trinajstić information content (AvgIpc) is 2.82. The lowest BCUT2D eigenvalue weighted by atomic mass is 10.3. The molecule has 0 fully saturated rings. The molecule has 0 aromatic carbocycles. The first-order valence-electron chi connectivity index (χ1n) is 6.05. The molecule has 0 unspecified atom stereocenters. The van der Waals surface area contributed by atoms with Crippen molar-refractivity contribution in [1.29, 1.82) is 0 Å². The Labute approximate surface area is 110 Å². The standard InChI is InChI=1S/C11H17N7O/c1-3-17(6-4-9(12)16-19)10-11-15-14-8(2)18(11)7-5-13-10/h5,7,19H,3-4,6H2,1-2H3,(H2,12,16). The summed E-state index contributed by atoms with van der Waals surface area (Å²) >= 11 is 0. The van der Waals surface area contributed by atoms with Crippen LogP contribution in [0.5, 0.6) is 0 Å². The van der Waals surface area contributed by atoms with Gasteiger partial charge in [-0.2, -0.15) is 0 Å². The van der Waals surface area contributed by atoms with Crippen molar-refractivity contribution in [3.8, 4) is 0 Å². The van der Waals surface area contributed by atoms with Gasteiger partial charge in [0.25, 0.3) is 0 Å². The van der Waals surface area contributed by atoms with E-state index in [-0.39, 0.29) is 5.84 Å². The molecule has 0 aliphatic rings. The number of amidine groups is 1. The molecule has 8 heteroatoms. The highest BCUT2D eigenvalue weighted by molar-refractivity contribution is 5.80. The minimum absolute atomic E-state index is 0.197. The molecule has 0 saturated carbocycles. The Morgan fingerprint density at radius 3 is 3.00 bits per heavy atom. The maximum absolute atomic E-state index is 8.57. The summed E-state index contributed by atoms with van der Waals surface area (Å²) in [5.41, 5.74) is 6.20. The van der Waals surface area contributed by atoms with Crippen LogP contribution in [0, 0.1) is 6.92 Å². The summed E-state index contributed by atoms with van der Waals surface area (Å²) in [6.45, 7) is 5.25. The summed E-state index contributed by atoms with van der Waals surface area (Å²) in [5, 5.41) is 19.7. The third kappa shape index (κ3) is 2.56. The normalized spacial score (nSPS) is 12.0. The molecular formula is C11H17N7O. The smallest absolute Gasteiger partial charge is 0.203 e. The molecule has 0 atom stereocenters. The number of nitrogens with two attached hydrogens (primary N) is 1. The molecule has 2 aromatic rings. The van der Waals surface area contributed by atoms with Gasteiger partial charge >= 0.3 is 0 Å². The van der Waals surface area contributed by atoms with Crippen LogP contribution in [0.1, 0.15) is 19.2 Å². The molecule has 3 N–H and O–H groups in total. The largest absolute Gasteiger partial charge is 0.409 e. The number of oxime groups is 1. The van der Waals surface area contributed by atoms with Crippen molar-refractivity contribution in [1.82, 2.24) is 19.6 Å². The fraction of sp³-hybridized carbons (Fsp3) is 0.455. The van der Waals surface area contributed by atoms with Crippen molar-refractivity contribution in [2.24, 2.45) is 10.9 Å². The number of hydrogen-bond donors (Lipinski definition) is 2. The second-order valence-electron chi connectivity index (χ2n) is 4.11. The molecule has 2 aromatic heterocycles. The van der Waals surface area contributed by atoms with E-state index in [1.54, 1.807) is 6.20 Å². The number of nitrogens with zero attached hydrogens (tertiary/aromatic N) is 6. The van der Waals surface area contributed by atoms with E-state index in [1.807, 2.05) is 29.3 Å². The number of anilines is 1. The fourth-order valence-electron chi connectivity index (χ4n) is 1.86. The molecule has 0 saturated heterocycles. The van der Waals surface area contributed by atoms with Crippen LogP contribution in [-0.2, 0) is 0 Å². The lowest BCUT2D eigenvalue weighted by Crippen LogP contribution is -2.29. The van der Waals surface area contributed by atoms with Crippen LogP contribution in [0.3, 0.4) is 0 Å². The van der Waals surface area contributed by atoms with Crippen LogP contribution < -0.4 is 10.6 Å². The molecule has 0 aliphatic carbocycles. The van der Waals surface area contributed by atoms with E-state index in [9.17, 15) is 0 Å². The van der Waals surface area contributed by atoms with Crippen molar-refractivity contribution >= 4 is 17.3 Å². The monoisotopic (exact) mass is 263 g/mol. The Balaban J connectivity index is 2.30. The van der Waals surface area contributed by atoms with E-state index in [4.69, 9.17) is 10.9 Å². The summed E-state index contributed by atoms with van der Waals surface area (Å²) in [6, 6.07) is 0. The van der Waals surface area contributed by atoms with Crippen molar-refractivity contribution in [2.45, 2.75) is 20.3 Å². The zero-order valence-electron chi connectivity index (χ0n) is 11.0. The molecule has 19 heavy (non-hydrogen) atoms. The predicted molar refractivity (Wildman–Crippen MR) is 71.4 cm³/mol. The number of hydrogen-bond acceptors (Lipinski definition) is 6. The van der Waals surface area contributed by atoms with Gasteiger partial charge in [-0.25, -0.2) is 4.98 Å². The van der Waals surface area contributed by atoms with E-state index >= 15 is 0 Å². The molecule has 2 heterocycles. The van der Waals surface area contributed by atoms with E-state index in [0.29, 0.717) is 18.6 Å². The summed E-state index contributed by atoms with van der Waals surface area (Å²) in [6.07, 6.45) is 4.00. The summed E-state index contributed by atoms with van der Waals surface area (Å²) < 4.78 is 1.88. The van der Waals surface area contributed by atoms with Gasteiger partial charge in [-0.15, -0.1) is 10.2 Å². The quantitative estimate of drug-likeness (QED) is 0.350. The van der Waals surface area contributed by atoms with Gasteiger partial charge in [0.15, 0.2) is 5.82 Å². The van der Waals surface area contributed by atoms with E-state index in [1.165, 1.54) is 0 Å². The molecule has 2 rings (SSSR count). The Morgan fingerprint density at radius 1 is 1.53 bits per heavy atom. The van der Waals surface area contributed by atoms with Gasteiger partial charge in [-0.1, -0.05) is 5.16 Å². The number of rotatable bonds is 5. The topological polar surface area (TPSA) is 105 Å². The molecular weight excluding hydrogens is 246 g/mol. The Hall–Kier alpha value is -2.38. The average molecular weight is 263 g/mol. The molecule has 102 valence electrons. The highest BCUT2D eigenvalue weighted by Gasteiger charge is 2.14. The maximum atomic E-state index is 8.57. The van der Waals surface area contributed by atoms with Gasteiger partial charge in [-0.3, -0.25) is 4.40 Å². The van der Waals surface area contributed by atoms with Gasteiger partial charge in [0, 0.05) is 31.9 Å². The van der Waals surface area contributed by atoms with Gasteiger partial charge in [0.2, 0.25) is 5.65 Å². The second-order valence-corrected chi connectivity index (χ2v) is 4.11. The first-order chi connectivity index (χ1) is 9.17. The zero-order valence-corrected chi connectivity index (χ0v) is 11.0. The first kappa shape index (κ1) is 13.1.